The Bertz CT molecular complexity index is 670. The molecular formula is C18H20BrN3OS. The van der Waals surface area contributed by atoms with E-state index in [4.69, 9.17) is 0 Å². The van der Waals surface area contributed by atoms with Gasteiger partial charge in [0.25, 0.3) is 0 Å². The fourth-order valence-electron chi connectivity index (χ4n) is 2.83. The number of carbonyl (C=O) groups is 1. The van der Waals surface area contributed by atoms with Gasteiger partial charge < -0.3 is 5.32 Å². The number of halogens is 1. The molecule has 4 nitrogen and oxygen atoms in total. The molecular weight excluding hydrogens is 386 g/mol. The van der Waals surface area contributed by atoms with E-state index < -0.39 is 0 Å². The molecule has 3 rings (SSSR count). The lowest BCUT2D eigenvalue weighted by Gasteiger charge is -2.22. The van der Waals surface area contributed by atoms with Crippen molar-refractivity contribution in [2.45, 2.75) is 43.2 Å². The molecule has 1 aliphatic carbocycles. The van der Waals surface area contributed by atoms with E-state index in [-0.39, 0.29) is 5.91 Å². The van der Waals surface area contributed by atoms with E-state index in [0.29, 0.717) is 11.8 Å². The molecule has 1 N–H and O–H groups in total. The average Bonchev–Trinajstić information content (AvgIpc) is 2.62. The predicted molar refractivity (Wildman–Crippen MR) is 101 cm³/mol. The SMILES string of the molecule is O=C(CSc1ccc(-c2ccc(Br)cc2)nn1)NC1CCCCC1. The third-order valence-electron chi connectivity index (χ3n) is 4.10. The molecule has 0 radical (unpaired) electrons. The van der Waals surface area contributed by atoms with Crippen LogP contribution in [0, 0.1) is 0 Å². The van der Waals surface area contributed by atoms with Crippen LogP contribution < -0.4 is 5.32 Å². The highest BCUT2D eigenvalue weighted by molar-refractivity contribution is 9.10. The number of rotatable bonds is 5. The van der Waals surface area contributed by atoms with Crippen molar-refractivity contribution in [2.75, 3.05) is 5.75 Å². The largest absolute Gasteiger partial charge is 0.353 e. The molecule has 0 bridgehead atoms. The summed E-state index contributed by atoms with van der Waals surface area (Å²) in [5, 5.41) is 12.4. The Morgan fingerprint density at radius 2 is 1.83 bits per heavy atom. The number of thioether (sulfide) groups is 1. The van der Waals surface area contributed by atoms with Crippen LogP contribution >= 0.6 is 27.7 Å². The molecule has 0 spiro atoms. The lowest BCUT2D eigenvalue weighted by atomic mass is 9.95. The molecule has 0 atom stereocenters. The second-order valence-electron chi connectivity index (χ2n) is 5.95. The van der Waals surface area contributed by atoms with Gasteiger partial charge in [0.2, 0.25) is 5.91 Å². The Morgan fingerprint density at radius 3 is 2.50 bits per heavy atom. The molecule has 1 amide bonds. The van der Waals surface area contributed by atoms with Crippen LogP contribution in [0.5, 0.6) is 0 Å². The van der Waals surface area contributed by atoms with E-state index in [1.54, 1.807) is 0 Å². The lowest BCUT2D eigenvalue weighted by Crippen LogP contribution is -2.37. The molecule has 1 fully saturated rings. The summed E-state index contributed by atoms with van der Waals surface area (Å²) in [4.78, 5) is 12.0. The van der Waals surface area contributed by atoms with Crippen LogP contribution in [0.25, 0.3) is 11.3 Å². The fourth-order valence-corrected chi connectivity index (χ4v) is 3.72. The average molecular weight is 406 g/mol. The number of nitrogens with one attached hydrogen (secondary N) is 1. The molecule has 1 saturated carbocycles. The van der Waals surface area contributed by atoms with Crippen LogP contribution in [0.1, 0.15) is 32.1 Å². The summed E-state index contributed by atoms with van der Waals surface area (Å²) in [7, 11) is 0. The quantitative estimate of drug-likeness (QED) is 0.746. The molecule has 1 aromatic heterocycles. The monoisotopic (exact) mass is 405 g/mol. The molecule has 1 aliphatic rings. The van der Waals surface area contributed by atoms with E-state index >= 15 is 0 Å². The first kappa shape index (κ1) is 17.4. The topological polar surface area (TPSA) is 54.9 Å². The maximum absolute atomic E-state index is 12.0. The molecule has 126 valence electrons. The van der Waals surface area contributed by atoms with Gasteiger partial charge in [-0.2, -0.15) is 0 Å². The number of carbonyl (C=O) groups excluding carboxylic acids is 1. The van der Waals surface area contributed by atoms with E-state index in [1.807, 2.05) is 36.4 Å². The van der Waals surface area contributed by atoms with Gasteiger partial charge in [0.1, 0.15) is 5.03 Å². The number of hydrogen-bond acceptors (Lipinski definition) is 4. The molecule has 2 aromatic rings. The van der Waals surface area contributed by atoms with Gasteiger partial charge in [0.05, 0.1) is 11.4 Å². The summed E-state index contributed by atoms with van der Waals surface area (Å²) in [6.45, 7) is 0. The van der Waals surface area contributed by atoms with Crippen molar-refractivity contribution in [2.24, 2.45) is 0 Å². The molecule has 6 heteroatoms. The second kappa shape index (κ2) is 8.62. The van der Waals surface area contributed by atoms with E-state index in [0.717, 1.165) is 33.6 Å². The standard InChI is InChI=1S/C18H20BrN3OS/c19-14-8-6-13(7-9-14)16-10-11-18(22-21-16)24-12-17(23)20-15-4-2-1-3-5-15/h6-11,15H,1-5,12H2,(H,20,23). The van der Waals surface area contributed by atoms with Gasteiger partial charge in [0, 0.05) is 16.1 Å². The molecule has 1 heterocycles. The Hall–Kier alpha value is -1.40. The van der Waals surface area contributed by atoms with Gasteiger partial charge in [-0.05, 0) is 37.1 Å². The Labute approximate surface area is 155 Å². The smallest absolute Gasteiger partial charge is 0.230 e. The van der Waals surface area contributed by atoms with Crippen molar-refractivity contribution in [3.8, 4) is 11.3 Å². The van der Waals surface area contributed by atoms with Crippen LogP contribution in [0.15, 0.2) is 45.9 Å². The Morgan fingerprint density at radius 1 is 1.08 bits per heavy atom. The van der Waals surface area contributed by atoms with Crippen molar-refractivity contribution >= 4 is 33.6 Å². The van der Waals surface area contributed by atoms with Crippen LogP contribution in [-0.4, -0.2) is 27.9 Å². The zero-order valence-electron chi connectivity index (χ0n) is 13.4. The first-order chi connectivity index (χ1) is 11.7. The van der Waals surface area contributed by atoms with Crippen LogP contribution in [-0.2, 0) is 4.79 Å². The second-order valence-corrected chi connectivity index (χ2v) is 7.87. The highest BCUT2D eigenvalue weighted by atomic mass is 79.9. The minimum Gasteiger partial charge on any atom is -0.353 e. The first-order valence-electron chi connectivity index (χ1n) is 8.22. The van der Waals surface area contributed by atoms with Crippen LogP contribution in [0.3, 0.4) is 0 Å². The summed E-state index contributed by atoms with van der Waals surface area (Å²) in [6, 6.07) is 12.2. The third-order valence-corrected chi connectivity index (χ3v) is 5.55. The van der Waals surface area contributed by atoms with Gasteiger partial charge in [-0.25, -0.2) is 0 Å². The highest BCUT2D eigenvalue weighted by Gasteiger charge is 2.15. The summed E-state index contributed by atoms with van der Waals surface area (Å²) >= 11 is 4.85. The van der Waals surface area contributed by atoms with E-state index in [2.05, 4.69) is 31.4 Å². The van der Waals surface area contributed by atoms with Crippen LogP contribution in [0.2, 0.25) is 0 Å². The Kier molecular flexibility index (Phi) is 6.26. The minimum atomic E-state index is 0.0886. The zero-order valence-corrected chi connectivity index (χ0v) is 15.8. The molecule has 0 unspecified atom stereocenters. The molecule has 0 saturated heterocycles. The number of aromatic nitrogens is 2. The van der Waals surface area contributed by atoms with E-state index in [9.17, 15) is 4.79 Å². The predicted octanol–water partition coefficient (Wildman–Crippen LogP) is 4.45. The minimum absolute atomic E-state index is 0.0886. The number of nitrogens with zero attached hydrogens (tertiary/aromatic N) is 2. The lowest BCUT2D eigenvalue weighted by molar-refractivity contribution is -0.119. The summed E-state index contributed by atoms with van der Waals surface area (Å²) in [6.07, 6.45) is 5.96. The third kappa shape index (κ3) is 5.05. The van der Waals surface area contributed by atoms with Crippen molar-refractivity contribution in [3.63, 3.8) is 0 Å². The summed E-state index contributed by atoms with van der Waals surface area (Å²) < 4.78 is 1.04. The number of amides is 1. The van der Waals surface area contributed by atoms with Gasteiger partial charge in [-0.3, -0.25) is 4.79 Å². The summed E-state index contributed by atoms with van der Waals surface area (Å²) in [5.41, 5.74) is 1.86. The maximum atomic E-state index is 12.0. The van der Waals surface area contributed by atoms with Crippen LogP contribution in [0.4, 0.5) is 0 Å². The van der Waals surface area contributed by atoms with Gasteiger partial charge >= 0.3 is 0 Å². The molecule has 0 aliphatic heterocycles. The fraction of sp³-hybridized carbons (Fsp3) is 0.389. The van der Waals surface area contributed by atoms with Crippen molar-refractivity contribution in [1.29, 1.82) is 0 Å². The normalized spacial score (nSPS) is 15.2. The number of benzene rings is 1. The van der Waals surface area contributed by atoms with Gasteiger partial charge in [0.15, 0.2) is 0 Å². The Balaban J connectivity index is 1.50. The van der Waals surface area contributed by atoms with Gasteiger partial charge in [-0.15, -0.1) is 10.2 Å². The molecule has 24 heavy (non-hydrogen) atoms. The maximum Gasteiger partial charge on any atom is 0.230 e. The summed E-state index contributed by atoms with van der Waals surface area (Å²) in [5.74, 6) is 0.480. The van der Waals surface area contributed by atoms with E-state index in [1.165, 1.54) is 31.0 Å². The van der Waals surface area contributed by atoms with Crippen molar-refractivity contribution < 1.29 is 4.79 Å². The number of hydrogen-bond donors (Lipinski definition) is 1. The highest BCUT2D eigenvalue weighted by Crippen LogP contribution is 2.22. The first-order valence-corrected chi connectivity index (χ1v) is 10.0. The van der Waals surface area contributed by atoms with Crippen molar-refractivity contribution in [3.05, 3.63) is 40.9 Å². The zero-order chi connectivity index (χ0) is 16.8. The van der Waals surface area contributed by atoms with Gasteiger partial charge in [-0.1, -0.05) is 59.1 Å². The van der Waals surface area contributed by atoms with Crippen molar-refractivity contribution in [1.82, 2.24) is 15.5 Å². The molecule has 1 aromatic carbocycles.